The minimum Gasteiger partial charge on any atom is -0.486 e. The normalized spacial score (nSPS) is 15.2. The molecular weight excluding hydrogens is 316 g/mol. The van der Waals surface area contributed by atoms with Crippen molar-refractivity contribution in [3.63, 3.8) is 0 Å². The Morgan fingerprint density at radius 2 is 1.96 bits per heavy atom. The molecule has 2 aromatic rings. The number of rotatable bonds is 2. The molecule has 1 aliphatic heterocycles. The minimum absolute atomic E-state index is 0.159. The van der Waals surface area contributed by atoms with Crippen LogP contribution in [0.25, 0.3) is 5.57 Å². The molecule has 0 aromatic heterocycles. The molecule has 25 heavy (non-hydrogen) atoms. The average Bonchev–Trinajstić information content (AvgIpc) is 2.60. The summed E-state index contributed by atoms with van der Waals surface area (Å²) in [5.74, 6) is -0.188. The molecule has 4 N–H and O–H groups in total. The van der Waals surface area contributed by atoms with E-state index in [1.165, 1.54) is 0 Å². The van der Waals surface area contributed by atoms with Crippen LogP contribution in [0, 0.1) is 11.3 Å². The molecule has 124 valence electrons. The highest BCUT2D eigenvalue weighted by atomic mass is 16.5. The number of hydrogen-bond acceptors (Lipinski definition) is 3. The smallest absolute Gasteiger partial charge is 0.280 e. The molecule has 0 fully saturated rings. The van der Waals surface area contributed by atoms with Crippen LogP contribution < -0.4 is 16.2 Å². The van der Waals surface area contributed by atoms with Gasteiger partial charge in [0.1, 0.15) is 11.9 Å². The van der Waals surface area contributed by atoms with E-state index in [0.717, 1.165) is 16.7 Å². The zero-order valence-corrected chi connectivity index (χ0v) is 13.6. The predicted octanol–water partition coefficient (Wildman–Crippen LogP) is 2.18. The van der Waals surface area contributed by atoms with E-state index in [9.17, 15) is 10.1 Å². The van der Waals surface area contributed by atoms with Crippen LogP contribution in [-0.4, -0.2) is 18.0 Å². The second kappa shape index (κ2) is 6.49. The first-order valence-electron chi connectivity index (χ1n) is 7.66. The predicted molar refractivity (Wildman–Crippen MR) is 94.9 cm³/mol. The van der Waals surface area contributed by atoms with Gasteiger partial charge in [-0.1, -0.05) is 18.2 Å². The van der Waals surface area contributed by atoms with Gasteiger partial charge in [-0.3, -0.25) is 4.79 Å². The molecule has 0 aliphatic carbocycles. The van der Waals surface area contributed by atoms with Crippen LogP contribution in [0.3, 0.4) is 0 Å². The topological polar surface area (TPSA) is 114 Å². The summed E-state index contributed by atoms with van der Waals surface area (Å²) in [7, 11) is 0. The average molecular weight is 332 g/mol. The fourth-order valence-corrected chi connectivity index (χ4v) is 2.77. The van der Waals surface area contributed by atoms with Crippen molar-refractivity contribution in [2.24, 2.45) is 16.5 Å². The fraction of sp³-hybridized carbons (Fsp3) is 0.105. The van der Waals surface area contributed by atoms with Crippen LogP contribution in [0.15, 0.2) is 53.5 Å². The highest BCUT2D eigenvalue weighted by Gasteiger charge is 2.22. The van der Waals surface area contributed by atoms with Crippen LogP contribution in [0.5, 0.6) is 5.75 Å². The monoisotopic (exact) mass is 332 g/mol. The zero-order valence-electron chi connectivity index (χ0n) is 13.6. The van der Waals surface area contributed by atoms with Crippen molar-refractivity contribution in [3.8, 4) is 11.8 Å². The summed E-state index contributed by atoms with van der Waals surface area (Å²) in [5, 5.41) is 9.40. The maximum absolute atomic E-state index is 12.1. The van der Waals surface area contributed by atoms with Gasteiger partial charge in [-0.2, -0.15) is 10.3 Å². The van der Waals surface area contributed by atoms with E-state index in [1.54, 1.807) is 24.3 Å². The lowest BCUT2D eigenvalue weighted by atomic mass is 9.90. The van der Waals surface area contributed by atoms with Gasteiger partial charge in [0.25, 0.3) is 5.91 Å². The molecule has 6 nitrogen and oxygen atoms in total. The number of ether oxygens (including phenoxy) is 1. The van der Waals surface area contributed by atoms with Crippen molar-refractivity contribution >= 4 is 17.4 Å². The van der Waals surface area contributed by atoms with E-state index in [1.807, 2.05) is 31.2 Å². The molecule has 0 saturated heterocycles. The number of benzene rings is 2. The van der Waals surface area contributed by atoms with E-state index in [4.69, 9.17) is 16.2 Å². The van der Waals surface area contributed by atoms with Gasteiger partial charge in [0.15, 0.2) is 5.96 Å². The Balaban J connectivity index is 2.16. The first-order valence-corrected chi connectivity index (χ1v) is 7.66. The van der Waals surface area contributed by atoms with E-state index in [2.05, 4.69) is 11.1 Å². The van der Waals surface area contributed by atoms with Gasteiger partial charge in [0, 0.05) is 11.1 Å². The molecule has 0 radical (unpaired) electrons. The second-order valence-electron chi connectivity index (χ2n) is 5.61. The Morgan fingerprint density at radius 3 is 2.68 bits per heavy atom. The number of nitrogens with two attached hydrogens (primary N) is 2. The summed E-state index contributed by atoms with van der Waals surface area (Å²) in [6.07, 6.45) is 1.77. The highest BCUT2D eigenvalue weighted by Crippen LogP contribution is 2.37. The van der Waals surface area contributed by atoms with E-state index < -0.39 is 5.91 Å². The maximum Gasteiger partial charge on any atom is 0.280 e. The Hall–Kier alpha value is -3.59. The maximum atomic E-state index is 12.1. The summed E-state index contributed by atoms with van der Waals surface area (Å²) >= 11 is 0. The molecule has 6 heteroatoms. The third-order valence-electron chi connectivity index (χ3n) is 3.80. The highest BCUT2D eigenvalue weighted by molar-refractivity contribution is 6.03. The number of fused-ring (bicyclic) bond motifs is 1. The molecule has 1 aliphatic rings. The SMILES string of the molecule is CC1C=C(c2ccccc2C#N)c2cc(C(=O)N=C(N)N)ccc2O1. The van der Waals surface area contributed by atoms with Crippen molar-refractivity contribution in [3.05, 3.63) is 70.8 Å². The number of carbonyl (C=O) groups excluding carboxylic acids is 1. The first-order chi connectivity index (χ1) is 12.0. The van der Waals surface area contributed by atoms with Crippen LogP contribution in [0.4, 0.5) is 0 Å². The lowest BCUT2D eigenvalue weighted by Crippen LogP contribution is -2.24. The van der Waals surface area contributed by atoms with Crippen molar-refractivity contribution in [2.75, 3.05) is 0 Å². The Labute approximate surface area is 145 Å². The third-order valence-corrected chi connectivity index (χ3v) is 3.80. The Morgan fingerprint density at radius 1 is 1.20 bits per heavy atom. The Kier molecular flexibility index (Phi) is 4.23. The minimum atomic E-state index is -0.533. The van der Waals surface area contributed by atoms with Gasteiger partial charge in [-0.15, -0.1) is 0 Å². The molecule has 2 aromatic carbocycles. The molecule has 1 unspecified atom stereocenters. The fourth-order valence-electron chi connectivity index (χ4n) is 2.77. The summed E-state index contributed by atoms with van der Waals surface area (Å²) in [5.41, 5.74) is 13.8. The third kappa shape index (κ3) is 3.21. The van der Waals surface area contributed by atoms with Crippen LogP contribution in [-0.2, 0) is 0 Å². The van der Waals surface area contributed by atoms with Crippen LogP contribution in [0.1, 0.15) is 34.0 Å². The van der Waals surface area contributed by atoms with Crippen molar-refractivity contribution in [2.45, 2.75) is 13.0 Å². The first kappa shape index (κ1) is 16.3. The van der Waals surface area contributed by atoms with Crippen molar-refractivity contribution in [1.29, 1.82) is 5.26 Å². The number of hydrogen-bond donors (Lipinski definition) is 2. The van der Waals surface area contributed by atoms with Gasteiger partial charge in [0.05, 0.1) is 11.6 Å². The zero-order chi connectivity index (χ0) is 18.0. The standard InChI is InChI=1S/C19H16N4O2/c1-11-8-15(14-5-3-2-4-13(14)10-20)16-9-12(6-7-17(16)25-11)18(24)23-19(21)22/h2-9,11H,1H3,(H4,21,22,23,24). The Bertz CT molecular complexity index is 950. The number of carbonyl (C=O) groups is 1. The number of nitriles is 1. The largest absolute Gasteiger partial charge is 0.486 e. The number of amides is 1. The van der Waals surface area contributed by atoms with Crippen LogP contribution in [0.2, 0.25) is 0 Å². The molecule has 0 bridgehead atoms. The van der Waals surface area contributed by atoms with Gasteiger partial charge < -0.3 is 16.2 Å². The quantitative estimate of drug-likeness (QED) is 0.646. The van der Waals surface area contributed by atoms with Gasteiger partial charge in [-0.25, -0.2) is 0 Å². The van der Waals surface area contributed by atoms with E-state index in [0.29, 0.717) is 16.9 Å². The molecule has 0 spiro atoms. The molecular formula is C19H16N4O2. The molecule has 1 amide bonds. The number of guanidine groups is 1. The molecule has 1 atom stereocenters. The summed E-state index contributed by atoms with van der Waals surface area (Å²) in [6.45, 7) is 1.91. The molecule has 0 saturated carbocycles. The summed E-state index contributed by atoms with van der Waals surface area (Å²) in [4.78, 5) is 15.7. The summed E-state index contributed by atoms with van der Waals surface area (Å²) < 4.78 is 5.82. The van der Waals surface area contributed by atoms with Crippen molar-refractivity contribution < 1.29 is 9.53 Å². The van der Waals surface area contributed by atoms with E-state index in [-0.39, 0.29) is 12.1 Å². The van der Waals surface area contributed by atoms with Crippen molar-refractivity contribution in [1.82, 2.24) is 0 Å². The second-order valence-corrected chi connectivity index (χ2v) is 5.61. The molecule has 1 heterocycles. The van der Waals surface area contributed by atoms with Gasteiger partial charge in [-0.05, 0) is 48.4 Å². The van der Waals surface area contributed by atoms with Crippen LogP contribution >= 0.6 is 0 Å². The summed E-state index contributed by atoms with van der Waals surface area (Å²) in [6, 6.07) is 14.5. The number of nitrogens with zero attached hydrogens (tertiary/aromatic N) is 2. The lowest BCUT2D eigenvalue weighted by Gasteiger charge is -2.24. The van der Waals surface area contributed by atoms with E-state index >= 15 is 0 Å². The number of aliphatic imine (C=N–C) groups is 1. The lowest BCUT2D eigenvalue weighted by molar-refractivity contribution is 0.100. The van der Waals surface area contributed by atoms with Gasteiger partial charge in [0.2, 0.25) is 0 Å². The molecule has 3 rings (SSSR count). The van der Waals surface area contributed by atoms with Gasteiger partial charge >= 0.3 is 0 Å².